The summed E-state index contributed by atoms with van der Waals surface area (Å²) in [5, 5.41) is 11.4. The van der Waals surface area contributed by atoms with Gasteiger partial charge in [-0.15, -0.1) is 0 Å². The number of benzene rings is 2. The Morgan fingerprint density at radius 1 is 1.24 bits per heavy atom. The number of aryl methyl sites for hydroxylation is 2. The number of ether oxygens (including phenoxy) is 1. The van der Waals surface area contributed by atoms with E-state index in [2.05, 4.69) is 6.07 Å². The highest BCUT2D eigenvalue weighted by Gasteiger charge is 2.44. The van der Waals surface area contributed by atoms with E-state index >= 15 is 0 Å². The van der Waals surface area contributed by atoms with Gasteiger partial charge >= 0.3 is 0 Å². The number of rotatable bonds is 2. The van der Waals surface area contributed by atoms with Crippen molar-refractivity contribution in [2.24, 2.45) is 5.73 Å². The lowest BCUT2D eigenvalue weighted by molar-refractivity contribution is 0.0741. The molecule has 21 heavy (non-hydrogen) atoms. The largest absolute Gasteiger partial charge is 0.496 e. The molecule has 0 aliphatic heterocycles. The topological polar surface area (TPSA) is 55.5 Å². The molecule has 1 aliphatic carbocycles. The maximum atomic E-state index is 11.4. The lowest BCUT2D eigenvalue weighted by Gasteiger charge is -2.29. The Hall–Kier alpha value is -1.84. The van der Waals surface area contributed by atoms with Gasteiger partial charge < -0.3 is 15.6 Å². The van der Waals surface area contributed by atoms with Gasteiger partial charge in [0.1, 0.15) is 11.4 Å². The molecule has 3 rings (SSSR count). The number of aliphatic hydroxyl groups is 1. The standard InChI is InChI=1S/C18H21NO2/c1-11-8-12(2)17(16(9-11)21-3)18(20)10-15(19)13-6-4-5-7-14(13)18/h4-9,15,20H,10,19H2,1-3H3. The maximum Gasteiger partial charge on any atom is 0.125 e. The molecule has 0 radical (unpaired) electrons. The third-order valence-electron chi connectivity index (χ3n) is 4.40. The quantitative estimate of drug-likeness (QED) is 0.891. The fourth-order valence-electron chi connectivity index (χ4n) is 3.59. The van der Waals surface area contributed by atoms with E-state index < -0.39 is 5.60 Å². The van der Waals surface area contributed by atoms with Crippen LogP contribution in [0.25, 0.3) is 0 Å². The van der Waals surface area contributed by atoms with Crippen LogP contribution in [0.4, 0.5) is 0 Å². The second-order valence-corrected chi connectivity index (χ2v) is 5.92. The van der Waals surface area contributed by atoms with Gasteiger partial charge in [-0.3, -0.25) is 0 Å². The first-order valence-electron chi connectivity index (χ1n) is 7.20. The molecular formula is C18H21NO2. The molecule has 3 N–H and O–H groups in total. The van der Waals surface area contributed by atoms with Crippen LogP contribution in [0.3, 0.4) is 0 Å². The molecule has 1 aliphatic rings. The Bertz CT molecular complexity index is 696. The molecule has 2 unspecified atom stereocenters. The third kappa shape index (κ3) is 2.04. The lowest BCUT2D eigenvalue weighted by Crippen LogP contribution is -2.27. The summed E-state index contributed by atoms with van der Waals surface area (Å²) >= 11 is 0. The summed E-state index contributed by atoms with van der Waals surface area (Å²) in [6, 6.07) is 11.7. The molecule has 0 heterocycles. The van der Waals surface area contributed by atoms with Crippen molar-refractivity contribution in [1.29, 1.82) is 0 Å². The number of fused-ring (bicyclic) bond motifs is 1. The van der Waals surface area contributed by atoms with Crippen LogP contribution in [0, 0.1) is 13.8 Å². The third-order valence-corrected chi connectivity index (χ3v) is 4.40. The predicted octanol–water partition coefficient (Wildman–Crippen LogP) is 2.95. The summed E-state index contributed by atoms with van der Waals surface area (Å²) in [5.41, 5.74) is 10.0. The first kappa shape index (κ1) is 14.1. The molecule has 3 heteroatoms. The minimum atomic E-state index is -1.08. The maximum absolute atomic E-state index is 11.4. The van der Waals surface area contributed by atoms with Gasteiger partial charge in [0.2, 0.25) is 0 Å². The van der Waals surface area contributed by atoms with E-state index in [0.717, 1.165) is 33.6 Å². The van der Waals surface area contributed by atoms with Crippen LogP contribution in [0.2, 0.25) is 0 Å². The monoisotopic (exact) mass is 283 g/mol. The predicted molar refractivity (Wildman–Crippen MR) is 83.5 cm³/mol. The van der Waals surface area contributed by atoms with Crippen molar-refractivity contribution in [3.05, 3.63) is 64.2 Å². The van der Waals surface area contributed by atoms with Crippen LogP contribution in [0.5, 0.6) is 5.75 Å². The minimum Gasteiger partial charge on any atom is -0.496 e. The van der Waals surface area contributed by atoms with Crippen molar-refractivity contribution in [1.82, 2.24) is 0 Å². The normalized spacial score (nSPS) is 24.0. The van der Waals surface area contributed by atoms with Gasteiger partial charge in [-0.2, -0.15) is 0 Å². The van der Waals surface area contributed by atoms with Crippen molar-refractivity contribution < 1.29 is 9.84 Å². The van der Waals surface area contributed by atoms with E-state index in [1.165, 1.54) is 0 Å². The van der Waals surface area contributed by atoms with Crippen LogP contribution in [-0.4, -0.2) is 12.2 Å². The van der Waals surface area contributed by atoms with E-state index in [1.807, 2.05) is 44.2 Å². The van der Waals surface area contributed by atoms with Gasteiger partial charge in [0.25, 0.3) is 0 Å². The van der Waals surface area contributed by atoms with Crippen LogP contribution in [0.15, 0.2) is 36.4 Å². The van der Waals surface area contributed by atoms with Gasteiger partial charge in [-0.05, 0) is 42.2 Å². The zero-order chi connectivity index (χ0) is 15.2. The van der Waals surface area contributed by atoms with Crippen molar-refractivity contribution in [2.45, 2.75) is 31.9 Å². The van der Waals surface area contributed by atoms with Gasteiger partial charge in [0.05, 0.1) is 7.11 Å². The molecule has 2 atom stereocenters. The molecule has 0 saturated heterocycles. The molecule has 2 aromatic rings. The summed E-state index contributed by atoms with van der Waals surface area (Å²) in [5.74, 6) is 0.721. The van der Waals surface area contributed by atoms with Gasteiger partial charge in [-0.25, -0.2) is 0 Å². The van der Waals surface area contributed by atoms with Gasteiger partial charge in [-0.1, -0.05) is 30.3 Å². The highest BCUT2D eigenvalue weighted by molar-refractivity contribution is 5.55. The summed E-state index contributed by atoms with van der Waals surface area (Å²) in [7, 11) is 1.64. The van der Waals surface area contributed by atoms with E-state index in [-0.39, 0.29) is 6.04 Å². The molecule has 2 aromatic carbocycles. The summed E-state index contributed by atoms with van der Waals surface area (Å²) in [6.45, 7) is 4.03. The molecule has 0 amide bonds. The Balaban J connectivity index is 2.26. The molecule has 0 saturated carbocycles. The Kier molecular flexibility index (Phi) is 3.27. The minimum absolute atomic E-state index is 0.156. The van der Waals surface area contributed by atoms with E-state index in [1.54, 1.807) is 7.11 Å². The highest BCUT2D eigenvalue weighted by Crippen LogP contribution is 2.49. The number of methoxy groups -OCH3 is 1. The smallest absolute Gasteiger partial charge is 0.125 e. The summed E-state index contributed by atoms with van der Waals surface area (Å²) in [6.07, 6.45) is 0.479. The molecule has 0 spiro atoms. The Morgan fingerprint density at radius 3 is 2.67 bits per heavy atom. The van der Waals surface area contributed by atoms with Crippen LogP contribution >= 0.6 is 0 Å². The average Bonchev–Trinajstić information content (AvgIpc) is 2.70. The molecular weight excluding hydrogens is 262 g/mol. The lowest BCUT2D eigenvalue weighted by atomic mass is 9.83. The van der Waals surface area contributed by atoms with Gasteiger partial charge in [0.15, 0.2) is 0 Å². The number of hydrogen-bond acceptors (Lipinski definition) is 3. The van der Waals surface area contributed by atoms with E-state index in [0.29, 0.717) is 6.42 Å². The fourth-order valence-corrected chi connectivity index (χ4v) is 3.59. The molecule has 110 valence electrons. The fraction of sp³-hybridized carbons (Fsp3) is 0.333. The molecule has 3 nitrogen and oxygen atoms in total. The first-order valence-corrected chi connectivity index (χ1v) is 7.20. The average molecular weight is 283 g/mol. The molecule has 0 bridgehead atoms. The number of hydrogen-bond donors (Lipinski definition) is 2. The Labute approximate surface area is 125 Å². The van der Waals surface area contributed by atoms with Crippen LogP contribution in [0.1, 0.15) is 40.3 Å². The summed E-state index contributed by atoms with van der Waals surface area (Å²) < 4.78 is 5.53. The van der Waals surface area contributed by atoms with Crippen molar-refractivity contribution >= 4 is 0 Å². The second-order valence-electron chi connectivity index (χ2n) is 5.92. The highest BCUT2D eigenvalue weighted by atomic mass is 16.5. The molecule has 0 fully saturated rings. The number of nitrogens with two attached hydrogens (primary N) is 1. The Morgan fingerprint density at radius 2 is 1.95 bits per heavy atom. The van der Waals surface area contributed by atoms with Crippen molar-refractivity contribution in [2.75, 3.05) is 7.11 Å². The first-order chi connectivity index (χ1) is 9.97. The molecule has 0 aromatic heterocycles. The van der Waals surface area contributed by atoms with Crippen LogP contribution in [-0.2, 0) is 5.60 Å². The second kappa shape index (κ2) is 4.86. The zero-order valence-corrected chi connectivity index (χ0v) is 12.7. The van der Waals surface area contributed by atoms with E-state index in [9.17, 15) is 5.11 Å². The van der Waals surface area contributed by atoms with Crippen LogP contribution < -0.4 is 10.5 Å². The zero-order valence-electron chi connectivity index (χ0n) is 12.7. The van der Waals surface area contributed by atoms with Crippen molar-refractivity contribution in [3.63, 3.8) is 0 Å². The summed E-state index contributed by atoms with van der Waals surface area (Å²) in [4.78, 5) is 0. The van der Waals surface area contributed by atoms with Gasteiger partial charge in [0, 0.05) is 18.0 Å². The van der Waals surface area contributed by atoms with E-state index in [4.69, 9.17) is 10.5 Å². The SMILES string of the molecule is COc1cc(C)cc(C)c1C1(O)CC(N)c2ccccc21. The van der Waals surface area contributed by atoms with Crippen molar-refractivity contribution in [3.8, 4) is 5.75 Å².